The number of aromatic nitrogens is 3. The molecule has 1 N–H and O–H groups in total. The Morgan fingerprint density at radius 3 is 2.86 bits per heavy atom. The van der Waals surface area contributed by atoms with Crippen LogP contribution < -0.4 is 0 Å². The first-order chi connectivity index (χ1) is 14.0. The predicted octanol–water partition coefficient (Wildman–Crippen LogP) is 3.72. The molecule has 2 aromatic heterocycles. The zero-order valence-corrected chi connectivity index (χ0v) is 17.4. The van der Waals surface area contributed by atoms with E-state index >= 15 is 0 Å². The van der Waals surface area contributed by atoms with Crippen molar-refractivity contribution in [3.63, 3.8) is 0 Å². The molecule has 3 heterocycles. The lowest BCUT2D eigenvalue weighted by Crippen LogP contribution is -2.42. The first-order valence-corrected chi connectivity index (χ1v) is 10.3. The van der Waals surface area contributed by atoms with E-state index in [1.54, 1.807) is 10.9 Å². The number of amides is 1. The number of piperidine rings is 1. The molecule has 1 aromatic carbocycles. The van der Waals surface area contributed by atoms with E-state index < -0.39 is 0 Å². The molecule has 0 aliphatic carbocycles. The Morgan fingerprint density at radius 2 is 2.10 bits per heavy atom. The van der Waals surface area contributed by atoms with Gasteiger partial charge in [-0.05, 0) is 57.2 Å². The number of hydrogen-bond acceptors (Lipinski definition) is 4. The van der Waals surface area contributed by atoms with Crippen molar-refractivity contribution in [1.29, 1.82) is 0 Å². The second kappa shape index (κ2) is 7.95. The van der Waals surface area contributed by atoms with Crippen molar-refractivity contribution in [2.24, 2.45) is 0 Å². The van der Waals surface area contributed by atoms with Gasteiger partial charge in [-0.15, -0.1) is 0 Å². The Labute approximate surface area is 171 Å². The third-order valence-electron chi connectivity index (χ3n) is 6.06. The summed E-state index contributed by atoms with van der Waals surface area (Å²) < 4.78 is 1.69. The minimum absolute atomic E-state index is 0.0289. The topological polar surface area (TPSA) is 71.2 Å². The van der Waals surface area contributed by atoms with Crippen LogP contribution in [0.2, 0.25) is 0 Å². The highest BCUT2D eigenvalue weighted by Gasteiger charge is 2.26. The molecule has 3 aromatic rings. The molecule has 1 fully saturated rings. The standard InChI is InChI=1S/C23H28N4O2/c1-15-7-8-19-20(23(29)27-9-5-4-6-16(27)2)12-21(25-22(19)17(15)3)18-13-24-26(14-18)10-11-28/h7-8,12-14,16,28H,4-6,9-11H2,1-3H3. The molecule has 1 atom stereocenters. The molecule has 0 saturated carbocycles. The first kappa shape index (κ1) is 19.6. The zero-order chi connectivity index (χ0) is 20.5. The van der Waals surface area contributed by atoms with Gasteiger partial charge in [0.15, 0.2) is 0 Å². The maximum Gasteiger partial charge on any atom is 0.254 e. The lowest BCUT2D eigenvalue weighted by atomic mass is 9.97. The SMILES string of the molecule is Cc1ccc2c(C(=O)N3CCCCC3C)cc(-c3cnn(CCO)c3)nc2c1C. The van der Waals surface area contributed by atoms with E-state index in [0.717, 1.165) is 52.7 Å². The molecular weight excluding hydrogens is 364 g/mol. The number of nitrogens with zero attached hydrogens (tertiary/aromatic N) is 4. The van der Waals surface area contributed by atoms with Crippen LogP contribution in [0.15, 0.2) is 30.6 Å². The van der Waals surface area contributed by atoms with Crippen LogP contribution in [0.4, 0.5) is 0 Å². The summed E-state index contributed by atoms with van der Waals surface area (Å²) in [5, 5.41) is 14.4. The number of likely N-dealkylation sites (tertiary alicyclic amines) is 1. The molecule has 6 heteroatoms. The summed E-state index contributed by atoms with van der Waals surface area (Å²) in [5.74, 6) is 0.0804. The number of aliphatic hydroxyl groups is 1. The molecule has 1 aliphatic rings. The summed E-state index contributed by atoms with van der Waals surface area (Å²) in [7, 11) is 0. The van der Waals surface area contributed by atoms with Crippen LogP contribution in [0.1, 0.15) is 47.7 Å². The highest BCUT2D eigenvalue weighted by atomic mass is 16.3. The first-order valence-electron chi connectivity index (χ1n) is 10.3. The lowest BCUT2D eigenvalue weighted by molar-refractivity contribution is 0.0637. The minimum Gasteiger partial charge on any atom is -0.394 e. The quantitative estimate of drug-likeness (QED) is 0.735. The van der Waals surface area contributed by atoms with Crippen molar-refractivity contribution in [1.82, 2.24) is 19.7 Å². The number of carbonyl (C=O) groups is 1. The molecule has 152 valence electrons. The van der Waals surface area contributed by atoms with Gasteiger partial charge in [0, 0.05) is 29.7 Å². The molecule has 6 nitrogen and oxygen atoms in total. The molecule has 29 heavy (non-hydrogen) atoms. The largest absolute Gasteiger partial charge is 0.394 e. The Hall–Kier alpha value is -2.73. The Bertz CT molecular complexity index is 1060. The molecule has 0 radical (unpaired) electrons. The Balaban J connectivity index is 1.87. The van der Waals surface area contributed by atoms with E-state index in [-0.39, 0.29) is 18.6 Å². The Kier molecular flexibility index (Phi) is 5.37. The Morgan fingerprint density at radius 1 is 1.28 bits per heavy atom. The number of aliphatic hydroxyl groups excluding tert-OH is 1. The second-order valence-electron chi connectivity index (χ2n) is 8.02. The summed E-state index contributed by atoms with van der Waals surface area (Å²) in [5.41, 5.74) is 5.41. The lowest BCUT2D eigenvalue weighted by Gasteiger charge is -2.33. The number of carbonyl (C=O) groups excluding carboxylic acids is 1. The van der Waals surface area contributed by atoms with E-state index in [4.69, 9.17) is 10.1 Å². The van der Waals surface area contributed by atoms with Crippen molar-refractivity contribution in [3.8, 4) is 11.3 Å². The van der Waals surface area contributed by atoms with Gasteiger partial charge in [-0.3, -0.25) is 9.48 Å². The fourth-order valence-corrected chi connectivity index (χ4v) is 4.13. The van der Waals surface area contributed by atoms with Gasteiger partial charge >= 0.3 is 0 Å². The summed E-state index contributed by atoms with van der Waals surface area (Å²) in [6.07, 6.45) is 6.89. The van der Waals surface area contributed by atoms with Crippen molar-refractivity contribution >= 4 is 16.8 Å². The molecule has 0 bridgehead atoms. The van der Waals surface area contributed by atoms with E-state index in [1.807, 2.05) is 23.2 Å². The maximum absolute atomic E-state index is 13.6. The highest BCUT2D eigenvalue weighted by Crippen LogP contribution is 2.30. The van der Waals surface area contributed by atoms with Crippen LogP contribution in [0.25, 0.3) is 22.2 Å². The fourth-order valence-electron chi connectivity index (χ4n) is 4.13. The molecule has 1 amide bonds. The number of pyridine rings is 1. The van der Waals surface area contributed by atoms with E-state index in [1.165, 1.54) is 6.42 Å². The van der Waals surface area contributed by atoms with Gasteiger partial charge in [0.05, 0.1) is 36.1 Å². The van der Waals surface area contributed by atoms with Gasteiger partial charge in [0.25, 0.3) is 5.91 Å². The molecule has 1 unspecified atom stereocenters. The average molecular weight is 393 g/mol. The van der Waals surface area contributed by atoms with Gasteiger partial charge in [0.2, 0.25) is 0 Å². The van der Waals surface area contributed by atoms with E-state index in [0.29, 0.717) is 12.1 Å². The predicted molar refractivity (Wildman–Crippen MR) is 114 cm³/mol. The van der Waals surface area contributed by atoms with Gasteiger partial charge < -0.3 is 10.0 Å². The molecule has 4 rings (SSSR count). The van der Waals surface area contributed by atoms with Crippen molar-refractivity contribution in [2.75, 3.05) is 13.2 Å². The fraction of sp³-hybridized carbons (Fsp3) is 0.435. The summed E-state index contributed by atoms with van der Waals surface area (Å²) in [4.78, 5) is 20.5. The number of hydrogen-bond donors (Lipinski definition) is 1. The zero-order valence-electron chi connectivity index (χ0n) is 17.4. The summed E-state index contributed by atoms with van der Waals surface area (Å²) >= 11 is 0. The van der Waals surface area contributed by atoms with Crippen LogP contribution in [-0.2, 0) is 6.54 Å². The van der Waals surface area contributed by atoms with E-state index in [2.05, 4.69) is 31.9 Å². The van der Waals surface area contributed by atoms with Crippen molar-refractivity contribution < 1.29 is 9.90 Å². The molecule has 0 spiro atoms. The smallest absolute Gasteiger partial charge is 0.254 e. The maximum atomic E-state index is 13.6. The van der Waals surface area contributed by atoms with Gasteiger partial charge in [0.1, 0.15) is 0 Å². The van der Waals surface area contributed by atoms with Crippen molar-refractivity contribution in [3.05, 3.63) is 47.3 Å². The van der Waals surface area contributed by atoms with Gasteiger partial charge in [-0.2, -0.15) is 5.10 Å². The molecule has 1 saturated heterocycles. The average Bonchev–Trinajstić information content (AvgIpc) is 3.19. The number of rotatable bonds is 4. The summed E-state index contributed by atoms with van der Waals surface area (Å²) in [6.45, 7) is 7.52. The second-order valence-corrected chi connectivity index (χ2v) is 8.02. The molecule has 1 aliphatic heterocycles. The third-order valence-corrected chi connectivity index (χ3v) is 6.06. The number of aryl methyl sites for hydroxylation is 2. The highest BCUT2D eigenvalue weighted by molar-refractivity contribution is 6.08. The number of fused-ring (bicyclic) bond motifs is 1. The van der Waals surface area contributed by atoms with E-state index in [9.17, 15) is 4.79 Å². The van der Waals surface area contributed by atoms with Crippen LogP contribution >= 0.6 is 0 Å². The third kappa shape index (κ3) is 3.65. The van der Waals surface area contributed by atoms with Crippen LogP contribution in [-0.4, -0.2) is 49.9 Å². The van der Waals surface area contributed by atoms with Crippen molar-refractivity contribution in [2.45, 2.75) is 52.6 Å². The van der Waals surface area contributed by atoms with Crippen LogP contribution in [0.3, 0.4) is 0 Å². The van der Waals surface area contributed by atoms with Crippen LogP contribution in [0.5, 0.6) is 0 Å². The minimum atomic E-state index is 0.0289. The summed E-state index contributed by atoms with van der Waals surface area (Å²) in [6, 6.07) is 6.24. The monoisotopic (exact) mass is 392 g/mol. The molecular formula is C23H28N4O2. The van der Waals surface area contributed by atoms with Crippen LogP contribution in [0, 0.1) is 13.8 Å². The van der Waals surface area contributed by atoms with Gasteiger partial charge in [-0.1, -0.05) is 12.1 Å². The number of benzene rings is 1. The normalized spacial score (nSPS) is 17.1. The van der Waals surface area contributed by atoms with Gasteiger partial charge in [-0.25, -0.2) is 4.98 Å².